The minimum atomic E-state index is -0.713. The molecule has 0 bridgehead atoms. The molecule has 0 saturated heterocycles. The number of aryl methyl sites for hydroxylation is 1. The Balaban J connectivity index is 2.75. The summed E-state index contributed by atoms with van der Waals surface area (Å²) in [7, 11) is 1.56. The minimum Gasteiger partial charge on any atom is -0.507 e. The third kappa shape index (κ3) is 1.62. The third-order valence-corrected chi connectivity index (χ3v) is 3.26. The fourth-order valence-electron chi connectivity index (χ4n) is 2.13. The molecule has 0 unspecified atom stereocenters. The van der Waals surface area contributed by atoms with Gasteiger partial charge in [0.2, 0.25) is 0 Å². The van der Waals surface area contributed by atoms with Gasteiger partial charge >= 0.3 is 5.63 Å². The Labute approximate surface area is 111 Å². The summed E-state index contributed by atoms with van der Waals surface area (Å²) in [6.07, 6.45) is 0. The van der Waals surface area contributed by atoms with Crippen LogP contribution in [0.15, 0.2) is 38.3 Å². The van der Waals surface area contributed by atoms with Gasteiger partial charge in [-0.1, -0.05) is 11.6 Å². The molecule has 3 rings (SSSR count). The van der Waals surface area contributed by atoms with Gasteiger partial charge in [0.15, 0.2) is 5.58 Å². The molecular weight excluding hydrogens is 270 g/mol. The highest BCUT2D eigenvalue weighted by Crippen LogP contribution is 2.27. The second-order valence-corrected chi connectivity index (χ2v) is 4.62. The Hall–Kier alpha value is -2.27. The summed E-state index contributed by atoms with van der Waals surface area (Å²) in [4.78, 5) is 23.5. The molecule has 2 aromatic heterocycles. The lowest BCUT2D eigenvalue weighted by Crippen LogP contribution is -2.18. The Morgan fingerprint density at radius 3 is 2.74 bits per heavy atom. The van der Waals surface area contributed by atoms with E-state index in [1.807, 2.05) is 0 Å². The van der Waals surface area contributed by atoms with E-state index in [9.17, 15) is 14.7 Å². The number of rotatable bonds is 0. The maximum absolute atomic E-state index is 12.2. The van der Waals surface area contributed by atoms with Crippen LogP contribution in [0.4, 0.5) is 0 Å². The molecule has 0 amide bonds. The van der Waals surface area contributed by atoms with Crippen molar-refractivity contribution in [2.24, 2.45) is 7.05 Å². The molecule has 0 aliphatic heterocycles. The number of hydrogen-bond donors (Lipinski definition) is 1. The van der Waals surface area contributed by atoms with Crippen molar-refractivity contribution >= 4 is 33.5 Å². The zero-order chi connectivity index (χ0) is 13.7. The highest BCUT2D eigenvalue weighted by atomic mass is 35.5. The van der Waals surface area contributed by atoms with Crippen LogP contribution in [-0.4, -0.2) is 9.67 Å². The van der Waals surface area contributed by atoms with Crippen LogP contribution in [0.3, 0.4) is 0 Å². The minimum absolute atomic E-state index is 0.0167. The second-order valence-electron chi connectivity index (χ2n) is 4.18. The molecule has 5 nitrogen and oxygen atoms in total. The zero-order valence-electron chi connectivity index (χ0n) is 9.81. The van der Waals surface area contributed by atoms with E-state index in [-0.39, 0.29) is 16.7 Å². The molecule has 0 saturated carbocycles. The smallest absolute Gasteiger partial charge is 0.339 e. The first kappa shape index (κ1) is 11.8. The molecule has 0 radical (unpaired) electrons. The van der Waals surface area contributed by atoms with Crippen LogP contribution in [-0.2, 0) is 7.05 Å². The van der Waals surface area contributed by atoms with E-state index >= 15 is 0 Å². The SMILES string of the molecule is Cn1c(=O)c2c(O)cc(=O)oc2c2ccc(Cl)cc21. The second kappa shape index (κ2) is 3.86. The summed E-state index contributed by atoms with van der Waals surface area (Å²) < 4.78 is 6.41. The Morgan fingerprint density at radius 2 is 2.00 bits per heavy atom. The van der Waals surface area contributed by atoms with E-state index in [0.717, 1.165) is 6.07 Å². The number of aromatic hydroxyl groups is 1. The first-order chi connectivity index (χ1) is 8.99. The molecule has 3 aromatic rings. The van der Waals surface area contributed by atoms with Gasteiger partial charge in [0.25, 0.3) is 5.56 Å². The van der Waals surface area contributed by atoms with Gasteiger partial charge in [-0.15, -0.1) is 0 Å². The Bertz CT molecular complexity index is 939. The molecule has 1 N–H and O–H groups in total. The standard InChI is InChI=1S/C13H8ClNO4/c1-15-8-4-6(14)2-3-7(8)12-11(13(15)18)9(16)5-10(17)19-12/h2-5,16H,1H3. The van der Waals surface area contributed by atoms with E-state index in [1.54, 1.807) is 25.2 Å². The van der Waals surface area contributed by atoms with Crippen LogP contribution < -0.4 is 11.2 Å². The van der Waals surface area contributed by atoms with Crippen molar-refractivity contribution in [3.8, 4) is 5.75 Å². The lowest BCUT2D eigenvalue weighted by Gasteiger charge is -2.08. The summed E-state index contributed by atoms with van der Waals surface area (Å²) in [5, 5.41) is 10.8. The summed E-state index contributed by atoms with van der Waals surface area (Å²) in [6.45, 7) is 0. The van der Waals surface area contributed by atoms with Crippen LogP contribution in [0, 0.1) is 0 Å². The monoisotopic (exact) mass is 277 g/mol. The van der Waals surface area contributed by atoms with Crippen molar-refractivity contribution in [1.82, 2.24) is 4.57 Å². The molecule has 1 aromatic carbocycles. The highest BCUT2D eigenvalue weighted by Gasteiger charge is 2.15. The largest absolute Gasteiger partial charge is 0.507 e. The van der Waals surface area contributed by atoms with Crippen LogP contribution in [0.5, 0.6) is 5.75 Å². The van der Waals surface area contributed by atoms with Crippen molar-refractivity contribution in [2.75, 3.05) is 0 Å². The summed E-state index contributed by atoms with van der Waals surface area (Å²) in [5.74, 6) is -0.385. The van der Waals surface area contributed by atoms with Crippen LogP contribution in [0.2, 0.25) is 5.02 Å². The first-order valence-corrected chi connectivity index (χ1v) is 5.82. The Kier molecular flexibility index (Phi) is 2.40. The van der Waals surface area contributed by atoms with Crippen molar-refractivity contribution in [2.45, 2.75) is 0 Å². The number of benzene rings is 1. The molecule has 0 atom stereocenters. The van der Waals surface area contributed by atoms with Gasteiger partial charge in [-0.25, -0.2) is 4.79 Å². The lowest BCUT2D eigenvalue weighted by molar-refractivity contribution is 0.467. The van der Waals surface area contributed by atoms with Crippen LogP contribution in [0.1, 0.15) is 0 Å². The topological polar surface area (TPSA) is 72.4 Å². The van der Waals surface area contributed by atoms with E-state index in [2.05, 4.69) is 0 Å². The molecule has 0 spiro atoms. The molecule has 0 aliphatic rings. The van der Waals surface area contributed by atoms with Crippen molar-refractivity contribution < 1.29 is 9.52 Å². The zero-order valence-corrected chi connectivity index (χ0v) is 10.6. The van der Waals surface area contributed by atoms with Crippen molar-refractivity contribution in [3.05, 3.63) is 50.1 Å². The number of hydrogen-bond acceptors (Lipinski definition) is 4. The normalized spacial score (nSPS) is 11.3. The average molecular weight is 278 g/mol. The number of aromatic nitrogens is 1. The highest BCUT2D eigenvalue weighted by molar-refractivity contribution is 6.31. The fourth-order valence-corrected chi connectivity index (χ4v) is 2.30. The predicted octanol–water partition coefficient (Wildman–Crippen LogP) is 2.00. The summed E-state index contributed by atoms with van der Waals surface area (Å²) in [5.41, 5.74) is -0.570. The molecule has 0 fully saturated rings. The van der Waals surface area contributed by atoms with Crippen molar-refractivity contribution in [3.63, 3.8) is 0 Å². The van der Waals surface area contributed by atoms with E-state index in [1.165, 1.54) is 4.57 Å². The fraction of sp³-hybridized carbons (Fsp3) is 0.0769. The van der Waals surface area contributed by atoms with Crippen LogP contribution in [0.25, 0.3) is 21.9 Å². The van der Waals surface area contributed by atoms with Gasteiger partial charge in [-0.05, 0) is 18.2 Å². The van der Waals surface area contributed by atoms with Gasteiger partial charge in [0.1, 0.15) is 11.1 Å². The van der Waals surface area contributed by atoms with Crippen LogP contribution >= 0.6 is 11.6 Å². The third-order valence-electron chi connectivity index (χ3n) is 3.02. The molecule has 19 heavy (non-hydrogen) atoms. The average Bonchev–Trinajstić information content (AvgIpc) is 2.35. The van der Waals surface area contributed by atoms with E-state index < -0.39 is 11.2 Å². The molecule has 96 valence electrons. The predicted molar refractivity (Wildman–Crippen MR) is 71.9 cm³/mol. The molecule has 2 heterocycles. The van der Waals surface area contributed by atoms with E-state index in [4.69, 9.17) is 16.0 Å². The summed E-state index contributed by atoms with van der Waals surface area (Å²) >= 11 is 5.90. The van der Waals surface area contributed by atoms with Gasteiger partial charge in [-0.3, -0.25) is 4.79 Å². The Morgan fingerprint density at radius 1 is 1.26 bits per heavy atom. The van der Waals surface area contributed by atoms with Gasteiger partial charge in [-0.2, -0.15) is 0 Å². The maximum atomic E-state index is 12.2. The lowest BCUT2D eigenvalue weighted by atomic mass is 10.1. The van der Waals surface area contributed by atoms with Gasteiger partial charge < -0.3 is 14.1 Å². The first-order valence-electron chi connectivity index (χ1n) is 5.44. The number of halogens is 1. The van der Waals surface area contributed by atoms with Gasteiger partial charge in [0.05, 0.1) is 11.6 Å². The number of pyridine rings is 1. The van der Waals surface area contributed by atoms with E-state index in [0.29, 0.717) is 15.9 Å². The summed E-state index contributed by atoms with van der Waals surface area (Å²) in [6, 6.07) is 5.74. The number of fused-ring (bicyclic) bond motifs is 3. The van der Waals surface area contributed by atoms with Gasteiger partial charge in [0, 0.05) is 17.5 Å². The molecule has 6 heteroatoms. The molecular formula is C13H8ClNO4. The van der Waals surface area contributed by atoms with Crippen molar-refractivity contribution in [1.29, 1.82) is 0 Å². The molecule has 0 aliphatic carbocycles. The maximum Gasteiger partial charge on any atom is 0.339 e. The number of nitrogens with zero attached hydrogens (tertiary/aromatic N) is 1. The quantitative estimate of drug-likeness (QED) is 0.638.